The van der Waals surface area contributed by atoms with E-state index < -0.39 is 17.9 Å². The van der Waals surface area contributed by atoms with Crippen LogP contribution in [-0.2, 0) is 17.5 Å². The van der Waals surface area contributed by atoms with Gasteiger partial charge >= 0.3 is 6.18 Å². The van der Waals surface area contributed by atoms with Crippen LogP contribution < -0.4 is 5.32 Å². The summed E-state index contributed by atoms with van der Waals surface area (Å²) in [6, 6.07) is 8.65. The number of rotatable bonds is 5. The minimum absolute atomic E-state index is 0.0310. The van der Waals surface area contributed by atoms with Crippen LogP contribution in [0.3, 0.4) is 0 Å². The lowest BCUT2D eigenvalue weighted by Gasteiger charge is -2.23. The van der Waals surface area contributed by atoms with E-state index in [0.29, 0.717) is 0 Å². The van der Waals surface area contributed by atoms with Gasteiger partial charge in [-0.3, -0.25) is 9.69 Å². The average molecular weight is 343 g/mol. The van der Waals surface area contributed by atoms with Gasteiger partial charge in [0.25, 0.3) is 0 Å². The van der Waals surface area contributed by atoms with Crippen LogP contribution in [0.4, 0.5) is 13.2 Å². The van der Waals surface area contributed by atoms with Crippen LogP contribution >= 0.6 is 11.3 Å². The van der Waals surface area contributed by atoms with Crippen LogP contribution in [0.2, 0.25) is 0 Å². The van der Waals surface area contributed by atoms with Gasteiger partial charge in [0.05, 0.1) is 6.54 Å². The molecule has 1 aromatic carbocycles. The lowest BCUT2D eigenvalue weighted by atomic mass is 10.1. The van der Waals surface area contributed by atoms with Gasteiger partial charge in [0, 0.05) is 5.38 Å². The Morgan fingerprint density at radius 3 is 2.48 bits per heavy atom. The van der Waals surface area contributed by atoms with Crippen molar-refractivity contribution in [1.29, 1.82) is 0 Å². The fraction of sp³-hybridized carbons (Fsp3) is 0.333. The SMILES string of the molecule is CN(C)[C@@H](C(=O)NCc1nc(C(F)(F)F)cs1)c1ccccc1. The van der Waals surface area contributed by atoms with Gasteiger partial charge in [-0.25, -0.2) is 4.98 Å². The van der Waals surface area contributed by atoms with Crippen LogP contribution in [-0.4, -0.2) is 29.9 Å². The molecule has 8 heteroatoms. The first-order valence-electron chi connectivity index (χ1n) is 6.79. The molecule has 2 rings (SSSR count). The van der Waals surface area contributed by atoms with Crippen molar-refractivity contribution in [3.63, 3.8) is 0 Å². The van der Waals surface area contributed by atoms with E-state index in [1.165, 1.54) is 0 Å². The third kappa shape index (κ3) is 4.52. The highest BCUT2D eigenvalue weighted by molar-refractivity contribution is 7.09. The predicted molar refractivity (Wildman–Crippen MR) is 81.8 cm³/mol. The van der Waals surface area contributed by atoms with Gasteiger partial charge in [-0.15, -0.1) is 11.3 Å². The Kier molecular flexibility index (Phi) is 5.38. The second-order valence-corrected chi connectivity index (χ2v) is 6.06. The summed E-state index contributed by atoms with van der Waals surface area (Å²) in [6.45, 7) is -0.0310. The number of halogens is 3. The summed E-state index contributed by atoms with van der Waals surface area (Å²) in [4.78, 5) is 17.6. The second kappa shape index (κ2) is 7.10. The molecule has 1 aromatic heterocycles. The molecule has 1 amide bonds. The Bertz CT molecular complexity index is 655. The molecule has 0 fully saturated rings. The molecule has 1 heterocycles. The van der Waals surface area contributed by atoms with Gasteiger partial charge in [-0.2, -0.15) is 13.2 Å². The quantitative estimate of drug-likeness (QED) is 0.907. The number of alkyl halides is 3. The molecule has 0 aliphatic carbocycles. The normalized spacial score (nSPS) is 13.1. The van der Waals surface area contributed by atoms with Crippen molar-refractivity contribution in [1.82, 2.24) is 15.2 Å². The van der Waals surface area contributed by atoms with Crippen LogP contribution in [0.5, 0.6) is 0 Å². The molecule has 124 valence electrons. The van der Waals surface area contributed by atoms with Crippen molar-refractivity contribution in [2.24, 2.45) is 0 Å². The Morgan fingerprint density at radius 2 is 1.96 bits per heavy atom. The van der Waals surface area contributed by atoms with Crippen molar-refractivity contribution in [2.45, 2.75) is 18.8 Å². The summed E-state index contributed by atoms with van der Waals surface area (Å²) in [6.07, 6.45) is -4.46. The number of carbonyl (C=O) groups excluding carboxylic acids is 1. The van der Waals surface area contributed by atoms with E-state index in [2.05, 4.69) is 10.3 Å². The van der Waals surface area contributed by atoms with Crippen molar-refractivity contribution in [3.05, 3.63) is 52.0 Å². The molecule has 0 spiro atoms. The molecule has 0 bridgehead atoms. The van der Waals surface area contributed by atoms with E-state index >= 15 is 0 Å². The maximum Gasteiger partial charge on any atom is 0.434 e. The zero-order valence-corrected chi connectivity index (χ0v) is 13.4. The Morgan fingerprint density at radius 1 is 1.30 bits per heavy atom. The number of amides is 1. The second-order valence-electron chi connectivity index (χ2n) is 5.12. The number of hydrogen-bond acceptors (Lipinski definition) is 4. The van der Waals surface area contributed by atoms with Crippen molar-refractivity contribution in [2.75, 3.05) is 14.1 Å². The highest BCUT2D eigenvalue weighted by atomic mass is 32.1. The zero-order chi connectivity index (χ0) is 17.0. The van der Waals surface area contributed by atoms with Crippen LogP contribution in [0.25, 0.3) is 0 Å². The molecule has 0 unspecified atom stereocenters. The molecule has 2 aromatic rings. The molecule has 0 aliphatic rings. The van der Waals surface area contributed by atoms with Crippen LogP contribution in [0.15, 0.2) is 35.7 Å². The first-order chi connectivity index (χ1) is 10.8. The summed E-state index contributed by atoms with van der Waals surface area (Å²) in [5.74, 6) is -0.287. The molecule has 0 radical (unpaired) electrons. The van der Waals surface area contributed by atoms with E-state index in [4.69, 9.17) is 0 Å². The molecule has 4 nitrogen and oxygen atoms in total. The van der Waals surface area contributed by atoms with Crippen LogP contribution in [0.1, 0.15) is 22.3 Å². The monoisotopic (exact) mass is 343 g/mol. The molecule has 0 aliphatic heterocycles. The number of thiazole rings is 1. The molecule has 1 N–H and O–H groups in total. The maximum absolute atomic E-state index is 12.5. The fourth-order valence-corrected chi connectivity index (χ4v) is 2.84. The van der Waals surface area contributed by atoms with E-state index in [1.807, 2.05) is 30.3 Å². The molecule has 0 saturated heterocycles. The molecular weight excluding hydrogens is 327 g/mol. The predicted octanol–water partition coefficient (Wildman–Crippen LogP) is 3.08. The lowest BCUT2D eigenvalue weighted by molar-refractivity contribution is -0.140. The Labute approximate surface area is 136 Å². The maximum atomic E-state index is 12.5. The van der Waals surface area contributed by atoms with Crippen molar-refractivity contribution in [3.8, 4) is 0 Å². The number of benzene rings is 1. The smallest absolute Gasteiger partial charge is 0.348 e. The highest BCUT2D eigenvalue weighted by Crippen LogP contribution is 2.30. The van der Waals surface area contributed by atoms with Gasteiger partial charge in [0.1, 0.15) is 11.0 Å². The third-order valence-corrected chi connectivity index (χ3v) is 3.98. The fourth-order valence-electron chi connectivity index (χ4n) is 2.10. The topological polar surface area (TPSA) is 45.2 Å². The number of hydrogen-bond donors (Lipinski definition) is 1. The first kappa shape index (κ1) is 17.4. The molecule has 0 saturated carbocycles. The molecule has 1 atom stereocenters. The Balaban J connectivity index is 2.04. The average Bonchev–Trinajstić information content (AvgIpc) is 2.95. The van der Waals surface area contributed by atoms with Gasteiger partial charge in [-0.05, 0) is 19.7 Å². The van der Waals surface area contributed by atoms with Crippen molar-refractivity contribution >= 4 is 17.2 Å². The number of aromatic nitrogens is 1. The van der Waals surface area contributed by atoms with E-state index in [0.717, 1.165) is 22.3 Å². The summed E-state index contributed by atoms with van der Waals surface area (Å²) in [7, 11) is 3.53. The van der Waals surface area contributed by atoms with Gasteiger partial charge in [0.15, 0.2) is 5.69 Å². The Hall–Kier alpha value is -1.93. The van der Waals surface area contributed by atoms with E-state index in [-0.39, 0.29) is 17.5 Å². The summed E-state index contributed by atoms with van der Waals surface area (Å²) in [5, 5.41) is 3.81. The number of carbonyl (C=O) groups is 1. The highest BCUT2D eigenvalue weighted by Gasteiger charge is 2.33. The van der Waals surface area contributed by atoms with Crippen molar-refractivity contribution < 1.29 is 18.0 Å². The lowest BCUT2D eigenvalue weighted by Crippen LogP contribution is -2.36. The van der Waals surface area contributed by atoms with E-state index in [9.17, 15) is 18.0 Å². The molecule has 23 heavy (non-hydrogen) atoms. The van der Waals surface area contributed by atoms with Gasteiger partial charge in [0.2, 0.25) is 5.91 Å². The summed E-state index contributed by atoms with van der Waals surface area (Å²) < 4.78 is 37.5. The van der Waals surface area contributed by atoms with Crippen LogP contribution in [0, 0.1) is 0 Å². The van der Waals surface area contributed by atoms with Gasteiger partial charge in [-0.1, -0.05) is 30.3 Å². The molecular formula is C15H16F3N3OS. The largest absolute Gasteiger partial charge is 0.434 e. The minimum Gasteiger partial charge on any atom is -0.348 e. The van der Waals surface area contributed by atoms with Gasteiger partial charge < -0.3 is 5.32 Å². The number of nitrogens with zero attached hydrogens (tertiary/aromatic N) is 2. The summed E-state index contributed by atoms with van der Waals surface area (Å²) in [5.41, 5.74) is -0.121. The standard InChI is InChI=1S/C15H16F3N3OS/c1-21(2)13(10-6-4-3-5-7-10)14(22)19-8-12-20-11(9-23-12)15(16,17)18/h3-7,9,13H,8H2,1-2H3,(H,19,22)/t13-/m1/s1. The van der Waals surface area contributed by atoms with E-state index in [1.54, 1.807) is 19.0 Å². The summed E-state index contributed by atoms with van der Waals surface area (Å²) >= 11 is 0.875. The number of likely N-dealkylation sites (N-methyl/N-ethyl adjacent to an activating group) is 1. The third-order valence-electron chi connectivity index (χ3n) is 3.14. The zero-order valence-electron chi connectivity index (χ0n) is 12.6. The first-order valence-corrected chi connectivity index (χ1v) is 7.67. The number of nitrogens with one attached hydrogen (secondary N) is 1. The minimum atomic E-state index is -4.46.